The fourth-order valence-electron chi connectivity index (χ4n) is 3.33. The average molecular weight is 419 g/mol. The maximum atomic E-state index is 12.6. The molecular formula is C20H23ClN4O2S. The molecule has 0 atom stereocenters. The Labute approximate surface area is 173 Å². The van der Waals surface area contributed by atoms with Gasteiger partial charge in [0.1, 0.15) is 4.83 Å². The number of ether oxygens (including phenoxy) is 1. The standard InChI is InChI=1S/C20H23ClN4O2S/c1-14-17-12-18(19(26)22-6-7-24-8-10-27-11-9-24)28-20(17)25(23-14)13-15-2-4-16(21)5-3-15/h2-5,12H,6-11,13H2,1H3,(H,22,26). The number of hydrogen-bond acceptors (Lipinski definition) is 5. The molecule has 3 aromatic rings. The van der Waals surface area contributed by atoms with E-state index in [1.54, 1.807) is 0 Å². The normalized spacial score (nSPS) is 15.2. The van der Waals surface area contributed by atoms with E-state index in [4.69, 9.17) is 16.3 Å². The molecule has 1 saturated heterocycles. The van der Waals surface area contributed by atoms with Crippen LogP contribution < -0.4 is 5.32 Å². The highest BCUT2D eigenvalue weighted by atomic mass is 35.5. The van der Waals surface area contributed by atoms with E-state index in [9.17, 15) is 4.79 Å². The van der Waals surface area contributed by atoms with Crippen LogP contribution in [-0.4, -0.2) is 60.0 Å². The van der Waals surface area contributed by atoms with Crippen LogP contribution in [0.4, 0.5) is 0 Å². The number of amides is 1. The Kier molecular flexibility index (Phi) is 5.96. The average Bonchev–Trinajstić information content (AvgIpc) is 3.26. The highest BCUT2D eigenvalue weighted by Gasteiger charge is 2.17. The zero-order valence-corrected chi connectivity index (χ0v) is 17.4. The van der Waals surface area contributed by atoms with Crippen LogP contribution in [0.25, 0.3) is 10.2 Å². The minimum atomic E-state index is -0.0214. The van der Waals surface area contributed by atoms with E-state index in [0.29, 0.717) is 13.1 Å². The van der Waals surface area contributed by atoms with Crippen molar-refractivity contribution in [2.45, 2.75) is 13.5 Å². The first-order chi connectivity index (χ1) is 13.6. The summed E-state index contributed by atoms with van der Waals surface area (Å²) in [6.45, 7) is 7.53. The van der Waals surface area contributed by atoms with Crippen LogP contribution in [0.15, 0.2) is 30.3 Å². The van der Waals surface area contributed by atoms with Crippen LogP contribution >= 0.6 is 22.9 Å². The molecule has 1 fully saturated rings. The Balaban J connectivity index is 1.43. The van der Waals surface area contributed by atoms with Gasteiger partial charge in [-0.05, 0) is 30.7 Å². The van der Waals surface area contributed by atoms with Crippen LogP contribution in [0.5, 0.6) is 0 Å². The SMILES string of the molecule is Cc1nn(Cc2ccc(Cl)cc2)c2sc(C(=O)NCCN3CCOCC3)cc12. The van der Waals surface area contributed by atoms with Gasteiger partial charge in [0, 0.05) is 36.6 Å². The Morgan fingerprint density at radius 1 is 1.29 bits per heavy atom. The number of hydrogen-bond donors (Lipinski definition) is 1. The van der Waals surface area contributed by atoms with Gasteiger partial charge in [0.25, 0.3) is 5.91 Å². The van der Waals surface area contributed by atoms with E-state index in [0.717, 1.165) is 64.2 Å². The highest BCUT2D eigenvalue weighted by molar-refractivity contribution is 7.20. The van der Waals surface area contributed by atoms with E-state index < -0.39 is 0 Å². The molecule has 0 bridgehead atoms. The molecule has 1 aliphatic heterocycles. The summed E-state index contributed by atoms with van der Waals surface area (Å²) in [5.41, 5.74) is 2.06. The molecule has 2 aromatic heterocycles. The quantitative estimate of drug-likeness (QED) is 0.668. The van der Waals surface area contributed by atoms with Crippen LogP contribution in [0.2, 0.25) is 5.02 Å². The topological polar surface area (TPSA) is 59.4 Å². The first-order valence-corrected chi connectivity index (χ1v) is 10.6. The van der Waals surface area contributed by atoms with E-state index >= 15 is 0 Å². The second-order valence-corrected chi connectivity index (χ2v) is 8.38. The van der Waals surface area contributed by atoms with Gasteiger partial charge in [-0.25, -0.2) is 0 Å². The molecule has 1 aliphatic rings. The smallest absolute Gasteiger partial charge is 0.261 e. The van der Waals surface area contributed by atoms with Gasteiger partial charge < -0.3 is 10.1 Å². The largest absolute Gasteiger partial charge is 0.379 e. The number of aromatic nitrogens is 2. The van der Waals surface area contributed by atoms with E-state index in [-0.39, 0.29) is 5.91 Å². The third kappa shape index (κ3) is 4.38. The molecule has 0 unspecified atom stereocenters. The van der Waals surface area contributed by atoms with Gasteiger partial charge in [0.2, 0.25) is 0 Å². The van der Waals surface area contributed by atoms with E-state index in [1.807, 2.05) is 41.9 Å². The summed E-state index contributed by atoms with van der Waals surface area (Å²) in [6.07, 6.45) is 0. The second-order valence-electron chi connectivity index (χ2n) is 6.91. The Hall–Kier alpha value is -1.93. The van der Waals surface area contributed by atoms with Crippen molar-refractivity contribution in [3.05, 3.63) is 51.5 Å². The Morgan fingerprint density at radius 3 is 2.79 bits per heavy atom. The summed E-state index contributed by atoms with van der Waals surface area (Å²) in [6, 6.07) is 9.71. The summed E-state index contributed by atoms with van der Waals surface area (Å²) in [4.78, 5) is 16.6. The second kappa shape index (κ2) is 8.61. The van der Waals surface area contributed by atoms with Crippen molar-refractivity contribution in [2.75, 3.05) is 39.4 Å². The van der Waals surface area contributed by atoms with Crippen molar-refractivity contribution < 1.29 is 9.53 Å². The molecule has 1 amide bonds. The fraction of sp³-hybridized carbons (Fsp3) is 0.400. The fourth-order valence-corrected chi connectivity index (χ4v) is 4.54. The number of rotatable bonds is 6. The van der Waals surface area contributed by atoms with Crippen molar-refractivity contribution >= 4 is 39.1 Å². The van der Waals surface area contributed by atoms with Crippen LogP contribution in [0, 0.1) is 6.92 Å². The lowest BCUT2D eigenvalue weighted by atomic mass is 10.2. The van der Waals surface area contributed by atoms with Gasteiger partial charge in [-0.3, -0.25) is 14.4 Å². The number of morpholine rings is 1. The van der Waals surface area contributed by atoms with Crippen molar-refractivity contribution in [3.63, 3.8) is 0 Å². The zero-order chi connectivity index (χ0) is 19.5. The molecule has 6 nitrogen and oxygen atoms in total. The maximum absolute atomic E-state index is 12.6. The monoisotopic (exact) mass is 418 g/mol. The minimum absolute atomic E-state index is 0.0214. The molecule has 3 heterocycles. The number of benzene rings is 1. The lowest BCUT2D eigenvalue weighted by Gasteiger charge is -2.26. The van der Waals surface area contributed by atoms with Crippen LogP contribution in [0.1, 0.15) is 20.9 Å². The number of aryl methyl sites for hydroxylation is 1. The molecule has 148 valence electrons. The molecule has 0 saturated carbocycles. The summed E-state index contributed by atoms with van der Waals surface area (Å²) in [5.74, 6) is -0.0214. The van der Waals surface area contributed by atoms with Crippen molar-refractivity contribution in [3.8, 4) is 0 Å². The van der Waals surface area contributed by atoms with Gasteiger partial charge in [-0.15, -0.1) is 11.3 Å². The third-order valence-electron chi connectivity index (χ3n) is 4.89. The van der Waals surface area contributed by atoms with E-state index in [1.165, 1.54) is 11.3 Å². The molecule has 1 aromatic carbocycles. The number of halogens is 1. The van der Waals surface area contributed by atoms with Gasteiger partial charge in [0.15, 0.2) is 0 Å². The summed E-state index contributed by atoms with van der Waals surface area (Å²) in [5, 5.41) is 9.43. The first-order valence-electron chi connectivity index (χ1n) is 9.40. The number of nitrogens with zero attached hydrogens (tertiary/aromatic N) is 3. The third-order valence-corrected chi connectivity index (χ3v) is 6.29. The van der Waals surface area contributed by atoms with Gasteiger partial charge >= 0.3 is 0 Å². The number of thiophene rings is 1. The molecule has 0 aliphatic carbocycles. The lowest BCUT2D eigenvalue weighted by Crippen LogP contribution is -2.41. The van der Waals surface area contributed by atoms with Crippen molar-refractivity contribution in [2.24, 2.45) is 0 Å². The molecule has 0 radical (unpaired) electrons. The van der Waals surface area contributed by atoms with Crippen molar-refractivity contribution in [1.29, 1.82) is 0 Å². The van der Waals surface area contributed by atoms with Crippen molar-refractivity contribution in [1.82, 2.24) is 20.0 Å². The first kappa shape index (κ1) is 19.4. The van der Waals surface area contributed by atoms with Gasteiger partial charge in [0.05, 0.1) is 30.3 Å². The number of carbonyl (C=O) groups excluding carboxylic acids is 1. The molecule has 28 heavy (non-hydrogen) atoms. The van der Waals surface area contributed by atoms with Crippen LogP contribution in [0.3, 0.4) is 0 Å². The molecule has 8 heteroatoms. The maximum Gasteiger partial charge on any atom is 0.261 e. The van der Waals surface area contributed by atoms with Gasteiger partial charge in [-0.2, -0.15) is 5.10 Å². The molecule has 4 rings (SSSR count). The Bertz CT molecular complexity index is 961. The summed E-state index contributed by atoms with van der Waals surface area (Å²) < 4.78 is 7.31. The highest BCUT2D eigenvalue weighted by Crippen LogP contribution is 2.29. The predicted molar refractivity (Wildman–Crippen MR) is 112 cm³/mol. The van der Waals surface area contributed by atoms with E-state index in [2.05, 4.69) is 15.3 Å². The lowest BCUT2D eigenvalue weighted by molar-refractivity contribution is 0.0383. The predicted octanol–water partition coefficient (Wildman–Crippen LogP) is 3.17. The summed E-state index contributed by atoms with van der Waals surface area (Å²) >= 11 is 7.46. The number of carbonyl (C=O) groups is 1. The Morgan fingerprint density at radius 2 is 2.04 bits per heavy atom. The molecule has 0 spiro atoms. The number of nitrogens with one attached hydrogen (secondary N) is 1. The minimum Gasteiger partial charge on any atom is -0.379 e. The molecular weight excluding hydrogens is 396 g/mol. The zero-order valence-electron chi connectivity index (χ0n) is 15.8. The number of fused-ring (bicyclic) bond motifs is 1. The van der Waals surface area contributed by atoms with Crippen LogP contribution in [-0.2, 0) is 11.3 Å². The van der Waals surface area contributed by atoms with Gasteiger partial charge in [-0.1, -0.05) is 23.7 Å². The molecule has 1 N–H and O–H groups in total. The summed E-state index contributed by atoms with van der Waals surface area (Å²) in [7, 11) is 0.